The zero-order valence-corrected chi connectivity index (χ0v) is 15.3. The number of ether oxygens (including phenoxy) is 1. The summed E-state index contributed by atoms with van der Waals surface area (Å²) < 4.78 is 45.0. The van der Waals surface area contributed by atoms with Gasteiger partial charge in [0.15, 0.2) is 0 Å². The second kappa shape index (κ2) is 7.05. The molecule has 2 aromatic carbocycles. The molecule has 0 saturated carbocycles. The number of sulfonamides is 1. The number of rotatable bonds is 4. The molecule has 0 aromatic heterocycles. The van der Waals surface area contributed by atoms with Crippen molar-refractivity contribution in [1.82, 2.24) is 4.72 Å². The van der Waals surface area contributed by atoms with Gasteiger partial charge in [0.05, 0.1) is 23.3 Å². The summed E-state index contributed by atoms with van der Waals surface area (Å²) >= 11 is 0. The number of fused-ring (bicyclic) bond motifs is 1. The Morgan fingerprint density at radius 2 is 1.96 bits per heavy atom. The van der Waals surface area contributed by atoms with Gasteiger partial charge >= 0.3 is 5.97 Å². The van der Waals surface area contributed by atoms with Gasteiger partial charge < -0.3 is 9.64 Å². The van der Waals surface area contributed by atoms with Gasteiger partial charge in [0.25, 0.3) is 0 Å². The molecular formula is C18H19FN2O4S. The van der Waals surface area contributed by atoms with Gasteiger partial charge in [0.2, 0.25) is 10.0 Å². The molecule has 8 heteroatoms. The Morgan fingerprint density at radius 3 is 2.62 bits per heavy atom. The van der Waals surface area contributed by atoms with Crippen LogP contribution in [0.15, 0.2) is 41.3 Å². The summed E-state index contributed by atoms with van der Waals surface area (Å²) in [6.45, 7) is 1.02. The Bertz CT molecular complexity index is 960. The van der Waals surface area contributed by atoms with E-state index in [1.807, 2.05) is 11.0 Å². The van der Waals surface area contributed by atoms with Gasteiger partial charge in [-0.05, 0) is 54.9 Å². The third-order valence-electron chi connectivity index (χ3n) is 4.48. The Morgan fingerprint density at radius 1 is 1.19 bits per heavy atom. The lowest BCUT2D eigenvalue weighted by atomic mass is 9.97. The summed E-state index contributed by atoms with van der Waals surface area (Å²) in [6, 6.07) is 9.22. The molecule has 0 amide bonds. The predicted octanol–water partition coefficient (Wildman–Crippen LogP) is 2.08. The van der Waals surface area contributed by atoms with E-state index in [9.17, 15) is 17.6 Å². The van der Waals surface area contributed by atoms with Crippen LogP contribution in [0.2, 0.25) is 0 Å². The molecule has 1 aliphatic rings. The van der Waals surface area contributed by atoms with Crippen molar-refractivity contribution in [3.05, 3.63) is 58.9 Å². The highest BCUT2D eigenvalue weighted by molar-refractivity contribution is 7.89. The molecule has 1 heterocycles. The number of anilines is 1. The van der Waals surface area contributed by atoms with Crippen LogP contribution in [0.3, 0.4) is 0 Å². The van der Waals surface area contributed by atoms with Crippen LogP contribution in [0.5, 0.6) is 0 Å². The molecule has 138 valence electrons. The van der Waals surface area contributed by atoms with E-state index in [4.69, 9.17) is 4.74 Å². The van der Waals surface area contributed by atoms with Gasteiger partial charge in [-0.25, -0.2) is 22.3 Å². The van der Waals surface area contributed by atoms with Crippen molar-refractivity contribution in [2.75, 3.05) is 25.6 Å². The lowest BCUT2D eigenvalue weighted by Crippen LogP contribution is -2.31. The molecule has 1 N–H and O–H groups in total. The van der Waals surface area contributed by atoms with E-state index >= 15 is 0 Å². The van der Waals surface area contributed by atoms with Crippen molar-refractivity contribution in [2.24, 2.45) is 0 Å². The molecule has 26 heavy (non-hydrogen) atoms. The largest absolute Gasteiger partial charge is 0.465 e. The van der Waals surface area contributed by atoms with E-state index < -0.39 is 21.8 Å². The van der Waals surface area contributed by atoms with Crippen LogP contribution in [0.1, 0.15) is 21.5 Å². The SMILES string of the molecule is CNS(=O)(=O)c1ccc(N2CCc3ccc(C(=O)OC)cc3C2)c(F)c1. The summed E-state index contributed by atoms with van der Waals surface area (Å²) in [6.07, 6.45) is 0.701. The molecular weight excluding hydrogens is 359 g/mol. The molecule has 0 radical (unpaired) electrons. The molecule has 6 nitrogen and oxygen atoms in total. The van der Waals surface area contributed by atoms with E-state index in [1.54, 1.807) is 12.1 Å². The topological polar surface area (TPSA) is 75.7 Å². The molecule has 0 atom stereocenters. The molecule has 0 aliphatic carbocycles. The van der Waals surface area contributed by atoms with Gasteiger partial charge in [0.1, 0.15) is 5.82 Å². The normalized spacial score (nSPS) is 14.0. The second-order valence-corrected chi connectivity index (χ2v) is 7.85. The number of nitrogens with zero attached hydrogens (tertiary/aromatic N) is 1. The maximum Gasteiger partial charge on any atom is 0.337 e. The van der Waals surface area contributed by atoms with Crippen molar-refractivity contribution in [3.63, 3.8) is 0 Å². The van der Waals surface area contributed by atoms with Crippen molar-refractivity contribution in [3.8, 4) is 0 Å². The van der Waals surface area contributed by atoms with Crippen LogP contribution < -0.4 is 9.62 Å². The number of esters is 1. The van der Waals surface area contributed by atoms with Crippen molar-refractivity contribution in [2.45, 2.75) is 17.9 Å². The maximum absolute atomic E-state index is 14.5. The number of methoxy groups -OCH3 is 1. The third kappa shape index (κ3) is 3.42. The molecule has 0 bridgehead atoms. The van der Waals surface area contributed by atoms with Gasteiger partial charge in [-0.1, -0.05) is 6.07 Å². The first-order chi connectivity index (χ1) is 12.4. The molecule has 3 rings (SSSR count). The average Bonchev–Trinajstić information content (AvgIpc) is 2.66. The van der Waals surface area contributed by atoms with Crippen molar-refractivity contribution in [1.29, 1.82) is 0 Å². The maximum atomic E-state index is 14.5. The molecule has 2 aromatic rings. The zero-order valence-electron chi connectivity index (χ0n) is 14.5. The minimum absolute atomic E-state index is 0.119. The summed E-state index contributed by atoms with van der Waals surface area (Å²) in [4.78, 5) is 13.4. The second-order valence-electron chi connectivity index (χ2n) is 5.97. The van der Waals surface area contributed by atoms with Crippen LogP contribution in [0.4, 0.5) is 10.1 Å². The predicted molar refractivity (Wildman–Crippen MR) is 95.2 cm³/mol. The molecule has 0 spiro atoms. The minimum Gasteiger partial charge on any atom is -0.465 e. The van der Waals surface area contributed by atoms with Gasteiger partial charge in [-0.3, -0.25) is 0 Å². The molecule has 0 unspecified atom stereocenters. The van der Waals surface area contributed by atoms with Crippen molar-refractivity contribution < 1.29 is 22.3 Å². The van der Waals surface area contributed by atoms with E-state index in [0.717, 1.165) is 17.2 Å². The van der Waals surface area contributed by atoms with E-state index in [1.165, 1.54) is 26.3 Å². The summed E-state index contributed by atoms with van der Waals surface area (Å²) in [5.41, 5.74) is 2.80. The first kappa shape index (κ1) is 18.3. The van der Waals surface area contributed by atoms with Crippen LogP contribution in [0, 0.1) is 5.82 Å². The Hall–Kier alpha value is -2.45. The first-order valence-electron chi connectivity index (χ1n) is 8.04. The molecule has 0 saturated heterocycles. The molecule has 1 aliphatic heterocycles. The van der Waals surface area contributed by atoms with Gasteiger partial charge in [-0.2, -0.15) is 0 Å². The summed E-state index contributed by atoms with van der Waals surface area (Å²) in [5, 5.41) is 0. The monoisotopic (exact) mass is 378 g/mol. The van der Waals surface area contributed by atoms with Crippen LogP contribution >= 0.6 is 0 Å². The summed E-state index contributed by atoms with van der Waals surface area (Å²) in [7, 11) is -1.09. The minimum atomic E-state index is -3.69. The zero-order chi connectivity index (χ0) is 18.9. The first-order valence-corrected chi connectivity index (χ1v) is 9.52. The number of carbonyl (C=O) groups is 1. The third-order valence-corrected chi connectivity index (χ3v) is 5.89. The average molecular weight is 378 g/mol. The number of nitrogens with one attached hydrogen (secondary N) is 1. The van der Waals surface area contributed by atoms with E-state index in [0.29, 0.717) is 30.8 Å². The Balaban J connectivity index is 1.90. The number of halogens is 1. The highest BCUT2D eigenvalue weighted by atomic mass is 32.2. The van der Waals surface area contributed by atoms with Crippen LogP contribution in [-0.4, -0.2) is 35.1 Å². The number of benzene rings is 2. The standard InChI is InChI=1S/C18H19FN2O4S/c1-20-26(23,24)15-5-6-17(16(19)10-15)21-8-7-12-3-4-13(18(22)25-2)9-14(12)11-21/h3-6,9-10,20H,7-8,11H2,1-2H3. The summed E-state index contributed by atoms with van der Waals surface area (Å²) in [5.74, 6) is -1.02. The smallest absolute Gasteiger partial charge is 0.337 e. The van der Waals surface area contributed by atoms with E-state index in [2.05, 4.69) is 4.72 Å². The van der Waals surface area contributed by atoms with Crippen molar-refractivity contribution >= 4 is 21.7 Å². The number of carbonyl (C=O) groups excluding carboxylic acids is 1. The lowest BCUT2D eigenvalue weighted by molar-refractivity contribution is 0.0600. The van der Waals surface area contributed by atoms with Gasteiger partial charge in [-0.15, -0.1) is 0 Å². The highest BCUT2D eigenvalue weighted by Gasteiger charge is 2.22. The van der Waals surface area contributed by atoms with Gasteiger partial charge in [0, 0.05) is 13.1 Å². The lowest BCUT2D eigenvalue weighted by Gasteiger charge is -2.31. The Kier molecular flexibility index (Phi) is 4.97. The Labute approximate surface area is 151 Å². The highest BCUT2D eigenvalue weighted by Crippen LogP contribution is 2.28. The van der Waals surface area contributed by atoms with Crippen LogP contribution in [0.25, 0.3) is 0 Å². The van der Waals surface area contributed by atoms with E-state index in [-0.39, 0.29) is 4.90 Å². The van der Waals surface area contributed by atoms with Crippen LogP contribution in [-0.2, 0) is 27.7 Å². The fraction of sp³-hybridized carbons (Fsp3) is 0.278. The number of hydrogen-bond donors (Lipinski definition) is 1. The fourth-order valence-electron chi connectivity index (χ4n) is 3.04. The quantitative estimate of drug-likeness (QED) is 0.825. The molecule has 0 fully saturated rings. The number of hydrogen-bond acceptors (Lipinski definition) is 5. The fourth-order valence-corrected chi connectivity index (χ4v) is 3.78.